The Bertz CT molecular complexity index is 700. The van der Waals surface area contributed by atoms with E-state index in [9.17, 15) is 18.0 Å². The minimum Gasteiger partial charge on any atom is -0.475 e. The van der Waals surface area contributed by atoms with Crippen LogP contribution in [0.15, 0.2) is 30.3 Å². The summed E-state index contributed by atoms with van der Waals surface area (Å²) >= 11 is 0. The molecule has 2 amide bonds. The molecule has 0 spiro atoms. The first-order valence-corrected chi connectivity index (χ1v) is 9.71. The topological polar surface area (TPSA) is 82.1 Å². The molecule has 1 aromatic rings. The lowest BCUT2D eigenvalue weighted by Gasteiger charge is -2.21. The average molecular weight is 431 g/mol. The molecule has 2 aliphatic heterocycles. The average Bonchev–Trinajstić information content (AvgIpc) is 3.25. The SMILES string of the molecule is CN(C)C(=O)NC[C@@H]1CO[C@@H]2CN(CCc3ccccc3)C[C@H]12.O=C(O)C(F)(F)F. The molecule has 3 atom stereocenters. The molecule has 1 aromatic carbocycles. The van der Waals surface area contributed by atoms with Gasteiger partial charge in [0.1, 0.15) is 0 Å². The smallest absolute Gasteiger partial charge is 0.475 e. The van der Waals surface area contributed by atoms with Gasteiger partial charge in [0.25, 0.3) is 0 Å². The summed E-state index contributed by atoms with van der Waals surface area (Å²) in [7, 11) is 3.54. The van der Waals surface area contributed by atoms with Gasteiger partial charge in [-0.25, -0.2) is 9.59 Å². The predicted octanol–water partition coefficient (Wildman–Crippen LogP) is 2.08. The lowest BCUT2D eigenvalue weighted by molar-refractivity contribution is -0.192. The standard InChI is InChI=1S/C18H27N3O2.C2HF3O2/c1-20(2)18(22)19-10-15-13-23-17-12-21(11-16(15)17)9-8-14-6-4-3-5-7-14;3-2(4,5)1(6)7/h3-7,15-17H,8-13H2,1-2H3,(H,19,22);(H,6,7)/t15-,16-,17-;/m1./s1. The van der Waals surface area contributed by atoms with Gasteiger partial charge in [0.15, 0.2) is 0 Å². The van der Waals surface area contributed by atoms with Crippen molar-refractivity contribution in [3.63, 3.8) is 0 Å². The van der Waals surface area contributed by atoms with Gasteiger partial charge in [-0.15, -0.1) is 0 Å². The number of carboxylic acids is 1. The number of benzene rings is 1. The van der Waals surface area contributed by atoms with Crippen LogP contribution < -0.4 is 5.32 Å². The van der Waals surface area contributed by atoms with Crippen molar-refractivity contribution >= 4 is 12.0 Å². The molecule has 0 aromatic heterocycles. The van der Waals surface area contributed by atoms with Crippen LogP contribution in [-0.4, -0.2) is 86.1 Å². The highest BCUT2D eigenvalue weighted by atomic mass is 19.4. The molecule has 2 aliphatic rings. The molecule has 7 nitrogen and oxygen atoms in total. The van der Waals surface area contributed by atoms with Crippen LogP contribution in [0.25, 0.3) is 0 Å². The Morgan fingerprint density at radius 1 is 1.23 bits per heavy atom. The normalized spacial score (nSPS) is 23.3. The molecule has 0 saturated carbocycles. The molecular weight excluding hydrogens is 403 g/mol. The van der Waals surface area contributed by atoms with Crippen molar-refractivity contribution < 1.29 is 32.6 Å². The van der Waals surface area contributed by atoms with Crippen molar-refractivity contribution in [3.05, 3.63) is 35.9 Å². The molecule has 0 radical (unpaired) electrons. The molecule has 2 fully saturated rings. The number of likely N-dealkylation sites (tertiary alicyclic amines) is 1. The number of carboxylic acid groups (broad SMARTS) is 1. The van der Waals surface area contributed by atoms with Gasteiger partial charge in [-0.1, -0.05) is 30.3 Å². The minimum absolute atomic E-state index is 0.0209. The highest BCUT2D eigenvalue weighted by Gasteiger charge is 2.43. The Morgan fingerprint density at radius 3 is 2.43 bits per heavy atom. The number of ether oxygens (including phenoxy) is 1. The Morgan fingerprint density at radius 2 is 1.87 bits per heavy atom. The van der Waals surface area contributed by atoms with Gasteiger partial charge >= 0.3 is 18.2 Å². The van der Waals surface area contributed by atoms with Crippen LogP contribution in [-0.2, 0) is 16.0 Å². The second-order valence-corrected chi connectivity index (χ2v) is 7.67. The van der Waals surface area contributed by atoms with Crippen LogP contribution in [0.5, 0.6) is 0 Å². The Kier molecular flexibility index (Phi) is 8.48. The predicted molar refractivity (Wildman–Crippen MR) is 104 cm³/mol. The molecule has 2 N–H and O–H groups in total. The monoisotopic (exact) mass is 431 g/mol. The largest absolute Gasteiger partial charge is 0.490 e. The fourth-order valence-electron chi connectivity index (χ4n) is 3.58. The first kappa shape index (κ1) is 23.9. The van der Waals surface area contributed by atoms with Crippen LogP contribution in [0.4, 0.5) is 18.0 Å². The third-order valence-electron chi connectivity index (χ3n) is 5.24. The Balaban J connectivity index is 0.000000396. The molecule has 3 rings (SSSR count). The van der Waals surface area contributed by atoms with E-state index in [0.29, 0.717) is 24.5 Å². The number of urea groups is 1. The van der Waals surface area contributed by atoms with Crippen molar-refractivity contribution in [3.8, 4) is 0 Å². The minimum atomic E-state index is -5.08. The summed E-state index contributed by atoms with van der Waals surface area (Å²) in [5.41, 5.74) is 1.39. The number of halogens is 3. The van der Waals surface area contributed by atoms with Crippen LogP contribution in [0.2, 0.25) is 0 Å². The number of fused-ring (bicyclic) bond motifs is 1. The number of nitrogens with one attached hydrogen (secondary N) is 1. The quantitative estimate of drug-likeness (QED) is 0.746. The first-order chi connectivity index (χ1) is 14.1. The van der Waals surface area contributed by atoms with E-state index in [-0.39, 0.29) is 6.03 Å². The molecule has 30 heavy (non-hydrogen) atoms. The molecule has 0 unspecified atom stereocenters. The van der Waals surface area contributed by atoms with E-state index in [1.807, 2.05) is 0 Å². The number of carbonyl (C=O) groups is 2. The van der Waals surface area contributed by atoms with Gasteiger partial charge < -0.3 is 25.0 Å². The van der Waals surface area contributed by atoms with Gasteiger partial charge in [-0.3, -0.25) is 0 Å². The van der Waals surface area contributed by atoms with Gasteiger partial charge in [0.05, 0.1) is 12.7 Å². The number of nitrogens with zero attached hydrogens (tertiary/aromatic N) is 2. The van der Waals surface area contributed by atoms with Gasteiger partial charge in [0, 0.05) is 52.1 Å². The maximum atomic E-state index is 11.7. The summed E-state index contributed by atoms with van der Waals surface area (Å²) < 4.78 is 37.7. The number of carbonyl (C=O) groups excluding carboxylic acids is 1. The molecule has 10 heteroatoms. The van der Waals surface area contributed by atoms with Gasteiger partial charge in [0.2, 0.25) is 0 Å². The van der Waals surface area contributed by atoms with Crippen molar-refractivity contribution in [2.24, 2.45) is 11.8 Å². The second kappa shape index (κ2) is 10.6. The summed E-state index contributed by atoms with van der Waals surface area (Å²) in [6, 6.07) is 10.6. The first-order valence-electron chi connectivity index (χ1n) is 9.71. The van der Waals surface area contributed by atoms with Crippen molar-refractivity contribution in [2.45, 2.75) is 18.7 Å². The number of hydrogen-bond acceptors (Lipinski definition) is 4. The summed E-state index contributed by atoms with van der Waals surface area (Å²) in [6.07, 6.45) is -3.66. The molecule has 2 heterocycles. The van der Waals surface area contributed by atoms with Crippen LogP contribution in [0.1, 0.15) is 5.56 Å². The van der Waals surface area contributed by atoms with E-state index in [1.54, 1.807) is 19.0 Å². The maximum absolute atomic E-state index is 11.7. The number of rotatable bonds is 5. The van der Waals surface area contributed by atoms with E-state index in [1.165, 1.54) is 5.56 Å². The molecule has 168 valence electrons. The third-order valence-corrected chi connectivity index (χ3v) is 5.24. The van der Waals surface area contributed by atoms with Gasteiger partial charge in [-0.05, 0) is 12.0 Å². The molecule has 0 aliphatic carbocycles. The van der Waals surface area contributed by atoms with Gasteiger partial charge in [-0.2, -0.15) is 13.2 Å². The van der Waals surface area contributed by atoms with E-state index in [0.717, 1.165) is 32.7 Å². The number of amides is 2. The van der Waals surface area contributed by atoms with E-state index < -0.39 is 12.1 Å². The highest BCUT2D eigenvalue weighted by molar-refractivity contribution is 5.73. The zero-order chi connectivity index (χ0) is 22.3. The maximum Gasteiger partial charge on any atom is 0.490 e. The van der Waals surface area contributed by atoms with E-state index in [4.69, 9.17) is 14.6 Å². The lowest BCUT2D eigenvalue weighted by Crippen LogP contribution is -2.39. The summed E-state index contributed by atoms with van der Waals surface area (Å²) in [6.45, 7) is 4.67. The van der Waals surface area contributed by atoms with Crippen molar-refractivity contribution in [2.75, 3.05) is 46.9 Å². The van der Waals surface area contributed by atoms with Crippen molar-refractivity contribution in [1.82, 2.24) is 15.1 Å². The second-order valence-electron chi connectivity index (χ2n) is 7.67. The molecule has 2 saturated heterocycles. The summed E-state index contributed by atoms with van der Waals surface area (Å²) in [5.74, 6) is -1.77. The van der Waals surface area contributed by atoms with E-state index >= 15 is 0 Å². The zero-order valence-corrected chi connectivity index (χ0v) is 17.1. The lowest BCUT2D eigenvalue weighted by atomic mass is 9.93. The van der Waals surface area contributed by atoms with Crippen molar-refractivity contribution in [1.29, 1.82) is 0 Å². The van der Waals surface area contributed by atoms with Crippen LogP contribution in [0, 0.1) is 11.8 Å². The van der Waals surface area contributed by atoms with Crippen LogP contribution >= 0.6 is 0 Å². The number of aliphatic carboxylic acids is 1. The molecular formula is C20H28F3N3O4. The van der Waals surface area contributed by atoms with Crippen LogP contribution in [0.3, 0.4) is 0 Å². The Hall–Kier alpha value is -2.33. The van der Waals surface area contributed by atoms with E-state index in [2.05, 4.69) is 40.5 Å². The summed E-state index contributed by atoms with van der Waals surface area (Å²) in [4.78, 5) is 24.7. The number of alkyl halides is 3. The Labute approximate surface area is 173 Å². The fraction of sp³-hybridized carbons (Fsp3) is 0.600. The zero-order valence-electron chi connectivity index (χ0n) is 17.1. The third kappa shape index (κ3) is 7.17. The summed E-state index contributed by atoms with van der Waals surface area (Å²) in [5, 5.41) is 10.1. The fourth-order valence-corrected chi connectivity index (χ4v) is 3.58. The highest BCUT2D eigenvalue weighted by Crippen LogP contribution is 2.33. The molecule has 0 bridgehead atoms. The number of hydrogen-bond donors (Lipinski definition) is 2.